The van der Waals surface area contributed by atoms with E-state index < -0.39 is 5.60 Å². The number of amides is 1. The van der Waals surface area contributed by atoms with Crippen molar-refractivity contribution in [3.05, 3.63) is 23.8 Å². The summed E-state index contributed by atoms with van der Waals surface area (Å²) in [7, 11) is 0. The first-order chi connectivity index (χ1) is 12.4. The van der Waals surface area contributed by atoms with Gasteiger partial charge in [0.05, 0.1) is 31.7 Å². The van der Waals surface area contributed by atoms with Crippen LogP contribution in [0.25, 0.3) is 0 Å². The van der Waals surface area contributed by atoms with E-state index in [0.717, 1.165) is 44.2 Å². The lowest BCUT2D eigenvalue weighted by Gasteiger charge is -2.50. The van der Waals surface area contributed by atoms with Crippen LogP contribution >= 0.6 is 0 Å². The maximum Gasteiger partial charge on any atom is 0.223 e. The number of aliphatic hydroxyl groups is 1. The van der Waals surface area contributed by atoms with Gasteiger partial charge in [0.25, 0.3) is 0 Å². The summed E-state index contributed by atoms with van der Waals surface area (Å²) >= 11 is 0. The minimum Gasteiger partial charge on any atom is -0.504 e. The van der Waals surface area contributed by atoms with Crippen LogP contribution in [0.4, 0.5) is 0 Å². The quantitative estimate of drug-likeness (QED) is 0.604. The van der Waals surface area contributed by atoms with Crippen molar-refractivity contribution in [3.8, 4) is 11.5 Å². The molecule has 1 aromatic carbocycles. The van der Waals surface area contributed by atoms with Crippen LogP contribution in [0.5, 0.6) is 11.5 Å². The topological polar surface area (TPSA) is 97.2 Å². The molecule has 2 fully saturated rings. The number of hydrogen-bond acceptors (Lipinski definition) is 4. The van der Waals surface area contributed by atoms with Gasteiger partial charge in [-0.1, -0.05) is 12.8 Å². The number of phenolic OH excluding ortho intramolecular Hbond substituents is 1. The molecule has 5 N–H and O–H groups in total. The predicted molar refractivity (Wildman–Crippen MR) is 98.0 cm³/mol. The first-order valence-electron chi connectivity index (χ1n) is 9.75. The zero-order valence-corrected chi connectivity index (χ0v) is 15.5. The van der Waals surface area contributed by atoms with Crippen LogP contribution in [0.15, 0.2) is 18.2 Å². The van der Waals surface area contributed by atoms with Crippen molar-refractivity contribution in [2.45, 2.75) is 57.1 Å². The minimum atomic E-state index is -0.636. The Labute approximate surface area is 154 Å². The molecule has 0 aromatic heterocycles. The summed E-state index contributed by atoms with van der Waals surface area (Å²) in [6.45, 7) is 3.84. The second-order valence-corrected chi connectivity index (χ2v) is 7.72. The van der Waals surface area contributed by atoms with E-state index in [9.17, 15) is 15.0 Å². The van der Waals surface area contributed by atoms with Crippen molar-refractivity contribution in [2.75, 3.05) is 19.7 Å². The van der Waals surface area contributed by atoms with E-state index in [4.69, 9.17) is 10.5 Å². The molecule has 0 radical (unpaired) electrons. The number of carbonyl (C=O) groups excluding carboxylic acids is 1. The Hall–Kier alpha value is -1.79. The van der Waals surface area contributed by atoms with Crippen molar-refractivity contribution < 1.29 is 24.6 Å². The number of benzene rings is 1. The molecular formula is C20H31N2O4+. The minimum absolute atomic E-state index is 0.0770. The molecule has 1 aliphatic heterocycles. The number of phenols is 1. The molecule has 144 valence electrons. The SMILES string of the molecule is CCOc1cc([C@@H]2[C@@H]3CCCC[C@@]3(O)CC[NH+]2CCC(N)=O)ccc1O. The smallest absolute Gasteiger partial charge is 0.223 e. The van der Waals surface area contributed by atoms with E-state index in [0.29, 0.717) is 25.3 Å². The molecule has 3 rings (SSSR count). The highest BCUT2D eigenvalue weighted by atomic mass is 16.5. The van der Waals surface area contributed by atoms with E-state index in [-0.39, 0.29) is 23.6 Å². The average Bonchev–Trinajstić information content (AvgIpc) is 2.61. The number of hydrogen-bond donors (Lipinski definition) is 4. The van der Waals surface area contributed by atoms with Gasteiger partial charge in [-0.3, -0.25) is 4.79 Å². The largest absolute Gasteiger partial charge is 0.504 e. The molecule has 4 atom stereocenters. The zero-order valence-electron chi connectivity index (χ0n) is 15.5. The molecule has 2 aliphatic rings. The highest BCUT2D eigenvalue weighted by molar-refractivity contribution is 5.73. The van der Waals surface area contributed by atoms with Crippen LogP contribution < -0.4 is 15.4 Å². The number of nitrogens with two attached hydrogens (primary N) is 1. The summed E-state index contributed by atoms with van der Waals surface area (Å²) in [5.41, 5.74) is 5.80. The summed E-state index contributed by atoms with van der Waals surface area (Å²) in [5.74, 6) is 0.460. The van der Waals surface area contributed by atoms with Crippen molar-refractivity contribution in [3.63, 3.8) is 0 Å². The van der Waals surface area contributed by atoms with Gasteiger partial charge in [0.1, 0.15) is 6.04 Å². The van der Waals surface area contributed by atoms with Gasteiger partial charge in [0, 0.05) is 17.9 Å². The lowest BCUT2D eigenvalue weighted by Crippen LogP contribution is -3.15. The van der Waals surface area contributed by atoms with Gasteiger partial charge in [0.15, 0.2) is 11.5 Å². The number of fused-ring (bicyclic) bond motifs is 1. The van der Waals surface area contributed by atoms with Crippen LogP contribution in [-0.2, 0) is 4.79 Å². The van der Waals surface area contributed by atoms with Gasteiger partial charge in [-0.05, 0) is 38.0 Å². The fourth-order valence-corrected chi connectivity index (χ4v) is 4.88. The maximum absolute atomic E-state index is 11.3. The standard InChI is InChI=1S/C20H30N2O4/c1-2-26-17-13-14(6-7-16(17)23)19-15-5-3-4-9-20(15,25)10-12-22(19)11-8-18(21)24/h6-7,13,15,19,23,25H,2-5,8-12H2,1H3,(H2,21,24)/p+1/t15-,19+,20+/m0/s1. The number of primary amides is 1. The molecule has 0 bridgehead atoms. The first kappa shape index (κ1) is 19.0. The van der Waals surface area contributed by atoms with Gasteiger partial charge in [-0.15, -0.1) is 0 Å². The van der Waals surface area contributed by atoms with Gasteiger partial charge in [-0.25, -0.2) is 0 Å². The summed E-state index contributed by atoms with van der Waals surface area (Å²) in [6, 6.07) is 5.57. The Bertz CT molecular complexity index is 651. The van der Waals surface area contributed by atoms with Gasteiger partial charge >= 0.3 is 0 Å². The van der Waals surface area contributed by atoms with Crippen molar-refractivity contribution in [1.29, 1.82) is 0 Å². The molecule has 26 heavy (non-hydrogen) atoms. The molecule has 1 saturated heterocycles. The number of carbonyl (C=O) groups is 1. The lowest BCUT2D eigenvalue weighted by molar-refractivity contribution is -0.944. The Kier molecular flexibility index (Phi) is 5.73. The molecule has 1 aliphatic carbocycles. The molecule has 1 unspecified atom stereocenters. The number of likely N-dealkylation sites (tertiary alicyclic amines) is 1. The van der Waals surface area contributed by atoms with Gasteiger partial charge in [-0.2, -0.15) is 0 Å². The molecule has 6 nitrogen and oxygen atoms in total. The third-order valence-electron chi connectivity index (χ3n) is 6.12. The maximum atomic E-state index is 11.3. The van der Waals surface area contributed by atoms with E-state index in [1.165, 1.54) is 4.90 Å². The van der Waals surface area contributed by atoms with E-state index in [2.05, 4.69) is 0 Å². The van der Waals surface area contributed by atoms with Gasteiger partial charge in [0.2, 0.25) is 5.91 Å². The Morgan fingerprint density at radius 2 is 2.19 bits per heavy atom. The van der Waals surface area contributed by atoms with Crippen LogP contribution in [0.3, 0.4) is 0 Å². The van der Waals surface area contributed by atoms with Crippen LogP contribution in [0.1, 0.15) is 57.1 Å². The van der Waals surface area contributed by atoms with E-state index in [1.807, 2.05) is 19.1 Å². The Morgan fingerprint density at radius 1 is 1.38 bits per heavy atom. The second-order valence-electron chi connectivity index (χ2n) is 7.72. The zero-order chi connectivity index (χ0) is 18.7. The number of aromatic hydroxyl groups is 1. The summed E-state index contributed by atoms with van der Waals surface area (Å²) in [4.78, 5) is 12.6. The van der Waals surface area contributed by atoms with Gasteiger partial charge < -0.3 is 25.6 Å². The number of piperidine rings is 1. The third-order valence-corrected chi connectivity index (χ3v) is 6.12. The predicted octanol–water partition coefficient (Wildman–Crippen LogP) is 0.917. The second kappa shape index (κ2) is 7.84. The Balaban J connectivity index is 1.95. The van der Waals surface area contributed by atoms with Crippen molar-refractivity contribution >= 4 is 5.91 Å². The summed E-state index contributed by atoms with van der Waals surface area (Å²) in [5, 5.41) is 21.3. The first-order valence-corrected chi connectivity index (χ1v) is 9.75. The summed E-state index contributed by atoms with van der Waals surface area (Å²) in [6.07, 6.45) is 5.10. The van der Waals surface area contributed by atoms with Crippen molar-refractivity contribution in [1.82, 2.24) is 0 Å². The monoisotopic (exact) mass is 363 g/mol. The molecule has 1 saturated carbocycles. The normalized spacial score (nSPS) is 31.2. The number of quaternary nitrogens is 1. The molecule has 1 heterocycles. The molecular weight excluding hydrogens is 332 g/mol. The number of ether oxygens (including phenoxy) is 1. The number of nitrogens with one attached hydrogen (secondary N) is 1. The molecule has 0 spiro atoms. The fraction of sp³-hybridized carbons (Fsp3) is 0.650. The third kappa shape index (κ3) is 3.81. The molecule has 6 heteroatoms. The molecule has 1 amide bonds. The van der Waals surface area contributed by atoms with Crippen LogP contribution in [-0.4, -0.2) is 41.4 Å². The van der Waals surface area contributed by atoms with Crippen LogP contribution in [0.2, 0.25) is 0 Å². The lowest BCUT2D eigenvalue weighted by atomic mass is 9.66. The molecule has 1 aromatic rings. The average molecular weight is 363 g/mol. The van der Waals surface area contributed by atoms with Crippen LogP contribution in [0, 0.1) is 5.92 Å². The summed E-state index contributed by atoms with van der Waals surface area (Å²) < 4.78 is 5.57. The highest BCUT2D eigenvalue weighted by Crippen LogP contribution is 2.45. The number of rotatable bonds is 6. The fourth-order valence-electron chi connectivity index (χ4n) is 4.88. The highest BCUT2D eigenvalue weighted by Gasteiger charge is 2.51. The van der Waals surface area contributed by atoms with E-state index >= 15 is 0 Å². The Morgan fingerprint density at radius 3 is 2.92 bits per heavy atom. The van der Waals surface area contributed by atoms with Crippen molar-refractivity contribution in [2.24, 2.45) is 11.7 Å². The van der Waals surface area contributed by atoms with E-state index in [1.54, 1.807) is 6.07 Å².